The first-order valence-corrected chi connectivity index (χ1v) is 11.0. The third-order valence-electron chi connectivity index (χ3n) is 4.34. The van der Waals surface area contributed by atoms with E-state index in [0.29, 0.717) is 32.7 Å². The molecular formula is C23H20Cl2N2O3S. The number of benzene rings is 3. The maximum absolute atomic E-state index is 12.5. The highest BCUT2D eigenvalue weighted by molar-refractivity contribution is 8.00. The lowest BCUT2D eigenvalue weighted by molar-refractivity contribution is -0.115. The molecule has 0 saturated carbocycles. The van der Waals surface area contributed by atoms with Crippen molar-refractivity contribution in [3.8, 4) is 5.75 Å². The van der Waals surface area contributed by atoms with Gasteiger partial charge in [0.2, 0.25) is 5.91 Å². The maximum Gasteiger partial charge on any atom is 0.255 e. The molecule has 1 unspecified atom stereocenters. The van der Waals surface area contributed by atoms with E-state index in [1.54, 1.807) is 68.6 Å². The van der Waals surface area contributed by atoms with Gasteiger partial charge in [0, 0.05) is 16.1 Å². The summed E-state index contributed by atoms with van der Waals surface area (Å²) in [5.41, 5.74) is 1.63. The van der Waals surface area contributed by atoms with Gasteiger partial charge in [0.25, 0.3) is 5.91 Å². The average molecular weight is 475 g/mol. The van der Waals surface area contributed by atoms with Crippen LogP contribution in [0.1, 0.15) is 17.3 Å². The van der Waals surface area contributed by atoms with Crippen molar-refractivity contribution < 1.29 is 14.3 Å². The van der Waals surface area contributed by atoms with Crippen LogP contribution in [0.4, 0.5) is 11.4 Å². The zero-order valence-corrected chi connectivity index (χ0v) is 19.1. The van der Waals surface area contributed by atoms with E-state index in [9.17, 15) is 9.59 Å². The van der Waals surface area contributed by atoms with E-state index in [2.05, 4.69) is 10.6 Å². The summed E-state index contributed by atoms with van der Waals surface area (Å²) in [4.78, 5) is 25.8. The minimum absolute atomic E-state index is 0.190. The molecule has 0 aliphatic rings. The van der Waals surface area contributed by atoms with Crippen LogP contribution in [0.2, 0.25) is 10.0 Å². The zero-order valence-electron chi connectivity index (χ0n) is 16.8. The van der Waals surface area contributed by atoms with E-state index in [1.807, 2.05) is 12.1 Å². The predicted molar refractivity (Wildman–Crippen MR) is 128 cm³/mol. The van der Waals surface area contributed by atoms with Crippen molar-refractivity contribution in [3.05, 3.63) is 82.3 Å². The van der Waals surface area contributed by atoms with Gasteiger partial charge >= 0.3 is 0 Å². The lowest BCUT2D eigenvalue weighted by Gasteiger charge is -2.14. The third kappa shape index (κ3) is 6.17. The molecule has 0 aromatic heterocycles. The lowest BCUT2D eigenvalue weighted by atomic mass is 10.2. The van der Waals surface area contributed by atoms with Gasteiger partial charge in [-0.1, -0.05) is 35.3 Å². The molecule has 0 spiro atoms. The average Bonchev–Trinajstić information content (AvgIpc) is 2.78. The van der Waals surface area contributed by atoms with Crippen LogP contribution in [0.15, 0.2) is 71.6 Å². The van der Waals surface area contributed by atoms with Gasteiger partial charge in [-0.15, -0.1) is 11.8 Å². The summed E-state index contributed by atoms with van der Waals surface area (Å²) in [5.74, 6) is 0.195. The predicted octanol–water partition coefficient (Wildman–Crippen LogP) is 6.37. The highest BCUT2D eigenvalue weighted by Crippen LogP contribution is 2.31. The van der Waals surface area contributed by atoms with Gasteiger partial charge < -0.3 is 15.4 Å². The molecule has 0 bridgehead atoms. The number of carbonyl (C=O) groups is 2. The Balaban J connectivity index is 1.58. The highest BCUT2D eigenvalue weighted by Gasteiger charge is 2.17. The quantitative estimate of drug-likeness (QED) is 0.390. The standard InChI is InChI=1S/C23H20Cl2N2O3S/c1-14(22(28)27-20-8-4-7-19(24)21(20)25)31-18-11-9-16(10-12-18)26-23(29)15-5-3-6-17(13-15)30-2/h3-14H,1-2H3,(H,26,29)(H,27,28). The molecule has 0 heterocycles. The summed E-state index contributed by atoms with van der Waals surface area (Å²) in [7, 11) is 1.55. The number of anilines is 2. The fourth-order valence-corrected chi connectivity index (χ4v) is 3.89. The van der Waals surface area contributed by atoms with Gasteiger partial charge in [0.05, 0.1) is 28.1 Å². The number of nitrogens with one attached hydrogen (secondary N) is 2. The van der Waals surface area contributed by atoms with Crippen LogP contribution in [-0.2, 0) is 4.79 Å². The van der Waals surface area contributed by atoms with Crippen molar-refractivity contribution in [2.45, 2.75) is 17.1 Å². The molecule has 31 heavy (non-hydrogen) atoms. The third-order valence-corrected chi connectivity index (χ3v) is 6.27. The highest BCUT2D eigenvalue weighted by atomic mass is 35.5. The number of methoxy groups -OCH3 is 1. The van der Waals surface area contributed by atoms with Crippen LogP contribution < -0.4 is 15.4 Å². The van der Waals surface area contributed by atoms with Crippen LogP contribution in [0.5, 0.6) is 5.75 Å². The van der Waals surface area contributed by atoms with Crippen LogP contribution in [0.3, 0.4) is 0 Å². The number of hydrogen-bond donors (Lipinski definition) is 2. The van der Waals surface area contributed by atoms with Gasteiger partial charge in [-0.2, -0.15) is 0 Å². The SMILES string of the molecule is COc1cccc(C(=O)Nc2ccc(SC(C)C(=O)Nc3cccc(Cl)c3Cl)cc2)c1. The summed E-state index contributed by atoms with van der Waals surface area (Å²) >= 11 is 13.5. The summed E-state index contributed by atoms with van der Waals surface area (Å²) in [6, 6.07) is 19.3. The molecular weight excluding hydrogens is 455 g/mol. The molecule has 3 aromatic rings. The summed E-state index contributed by atoms with van der Waals surface area (Å²) in [6.07, 6.45) is 0. The van der Waals surface area contributed by atoms with Crippen molar-refractivity contribution in [2.75, 3.05) is 17.7 Å². The Morgan fingerprint density at radius 2 is 1.68 bits per heavy atom. The minimum Gasteiger partial charge on any atom is -0.497 e. The number of ether oxygens (including phenoxy) is 1. The number of rotatable bonds is 7. The van der Waals surface area contributed by atoms with E-state index >= 15 is 0 Å². The van der Waals surface area contributed by atoms with Crippen molar-refractivity contribution in [2.24, 2.45) is 0 Å². The van der Waals surface area contributed by atoms with E-state index in [1.165, 1.54) is 11.8 Å². The first kappa shape index (κ1) is 23.0. The summed E-state index contributed by atoms with van der Waals surface area (Å²) in [5, 5.41) is 5.96. The second-order valence-electron chi connectivity index (χ2n) is 6.56. The van der Waals surface area contributed by atoms with Crippen molar-refractivity contribution in [1.82, 2.24) is 0 Å². The molecule has 1 atom stereocenters. The van der Waals surface area contributed by atoms with Gasteiger partial charge in [-0.3, -0.25) is 9.59 Å². The molecule has 0 fully saturated rings. The molecule has 0 aliphatic heterocycles. The zero-order chi connectivity index (χ0) is 22.4. The van der Waals surface area contributed by atoms with Gasteiger partial charge in [0.1, 0.15) is 5.75 Å². The maximum atomic E-state index is 12.5. The Labute approximate surface area is 195 Å². The molecule has 0 saturated heterocycles. The van der Waals surface area contributed by atoms with Crippen LogP contribution in [-0.4, -0.2) is 24.2 Å². The van der Waals surface area contributed by atoms with Crippen molar-refractivity contribution in [3.63, 3.8) is 0 Å². The molecule has 3 aromatic carbocycles. The lowest BCUT2D eigenvalue weighted by Crippen LogP contribution is -2.22. The fraction of sp³-hybridized carbons (Fsp3) is 0.130. The number of carbonyl (C=O) groups excluding carboxylic acids is 2. The van der Waals surface area contributed by atoms with Gasteiger partial charge in [0.15, 0.2) is 0 Å². The van der Waals surface area contributed by atoms with E-state index in [0.717, 1.165) is 4.90 Å². The van der Waals surface area contributed by atoms with Crippen LogP contribution in [0, 0.1) is 0 Å². The summed E-state index contributed by atoms with van der Waals surface area (Å²) in [6.45, 7) is 1.80. The Morgan fingerprint density at radius 1 is 0.968 bits per heavy atom. The molecule has 3 rings (SSSR count). The largest absolute Gasteiger partial charge is 0.497 e. The van der Waals surface area contributed by atoms with Crippen LogP contribution in [0.25, 0.3) is 0 Å². The van der Waals surface area contributed by atoms with Crippen molar-refractivity contribution >= 4 is 58.2 Å². The smallest absolute Gasteiger partial charge is 0.255 e. The second-order valence-corrected chi connectivity index (χ2v) is 8.76. The molecule has 160 valence electrons. The number of hydrogen-bond acceptors (Lipinski definition) is 4. The molecule has 8 heteroatoms. The first-order valence-electron chi connectivity index (χ1n) is 9.34. The van der Waals surface area contributed by atoms with Crippen LogP contribution >= 0.6 is 35.0 Å². The topological polar surface area (TPSA) is 67.4 Å². The normalized spacial score (nSPS) is 11.5. The number of amides is 2. The Morgan fingerprint density at radius 3 is 2.39 bits per heavy atom. The van der Waals surface area contributed by atoms with Gasteiger partial charge in [-0.25, -0.2) is 0 Å². The van der Waals surface area contributed by atoms with Gasteiger partial charge in [-0.05, 0) is 61.5 Å². The molecule has 2 amide bonds. The van der Waals surface area contributed by atoms with E-state index < -0.39 is 0 Å². The minimum atomic E-state index is -0.368. The molecule has 0 radical (unpaired) electrons. The summed E-state index contributed by atoms with van der Waals surface area (Å²) < 4.78 is 5.15. The second kappa shape index (κ2) is 10.6. The van der Waals surface area contributed by atoms with Crippen molar-refractivity contribution in [1.29, 1.82) is 0 Å². The molecule has 5 nitrogen and oxygen atoms in total. The Kier molecular flexibility index (Phi) is 7.85. The fourth-order valence-electron chi connectivity index (χ4n) is 2.68. The van der Waals surface area contributed by atoms with E-state index in [-0.39, 0.29) is 17.1 Å². The van der Waals surface area contributed by atoms with E-state index in [4.69, 9.17) is 27.9 Å². The monoisotopic (exact) mass is 474 g/mol. The number of halogens is 2. The Bertz CT molecular complexity index is 1090. The first-order chi connectivity index (χ1) is 14.9. The number of thioether (sulfide) groups is 1. The Hall–Kier alpha value is -2.67. The molecule has 2 N–H and O–H groups in total. The molecule has 0 aliphatic carbocycles.